The van der Waals surface area contributed by atoms with E-state index in [1.54, 1.807) is 18.0 Å². The SMILES string of the molecule is C=C1c2ccccc2C(=O)N(C)c2ccc(N)cc21. The molecule has 0 saturated heterocycles. The molecule has 94 valence electrons. The Labute approximate surface area is 112 Å². The van der Waals surface area contributed by atoms with Gasteiger partial charge in [-0.05, 0) is 35.4 Å². The monoisotopic (exact) mass is 250 g/mol. The van der Waals surface area contributed by atoms with Gasteiger partial charge in [-0.15, -0.1) is 0 Å². The molecule has 0 atom stereocenters. The third-order valence-corrected chi connectivity index (χ3v) is 3.49. The fourth-order valence-electron chi connectivity index (χ4n) is 2.46. The van der Waals surface area contributed by atoms with Crippen LogP contribution >= 0.6 is 0 Å². The predicted molar refractivity (Wildman–Crippen MR) is 78.2 cm³/mol. The highest BCUT2D eigenvalue weighted by molar-refractivity contribution is 6.13. The van der Waals surface area contributed by atoms with Gasteiger partial charge in [-0.3, -0.25) is 4.79 Å². The molecule has 2 aromatic carbocycles. The first kappa shape index (κ1) is 11.5. The number of nitrogens with two attached hydrogens (primary N) is 1. The Morgan fingerprint density at radius 3 is 2.47 bits per heavy atom. The molecular formula is C16H14N2O. The Bertz CT molecular complexity index is 704. The van der Waals surface area contributed by atoms with Crippen LogP contribution in [-0.4, -0.2) is 13.0 Å². The van der Waals surface area contributed by atoms with E-state index in [-0.39, 0.29) is 5.91 Å². The van der Waals surface area contributed by atoms with E-state index in [1.165, 1.54) is 0 Å². The van der Waals surface area contributed by atoms with Crippen molar-refractivity contribution in [3.8, 4) is 0 Å². The Kier molecular flexibility index (Phi) is 2.42. The number of amides is 1. The highest BCUT2D eigenvalue weighted by atomic mass is 16.2. The van der Waals surface area contributed by atoms with Gasteiger partial charge in [0.1, 0.15) is 0 Å². The van der Waals surface area contributed by atoms with E-state index in [0.29, 0.717) is 11.3 Å². The normalized spacial score (nSPS) is 13.8. The van der Waals surface area contributed by atoms with Crippen LogP contribution in [0.25, 0.3) is 5.57 Å². The zero-order chi connectivity index (χ0) is 13.6. The maximum atomic E-state index is 12.5. The summed E-state index contributed by atoms with van der Waals surface area (Å²) >= 11 is 0. The van der Waals surface area contributed by atoms with Crippen molar-refractivity contribution in [2.24, 2.45) is 0 Å². The lowest BCUT2D eigenvalue weighted by molar-refractivity contribution is 0.0993. The van der Waals surface area contributed by atoms with Gasteiger partial charge in [0, 0.05) is 23.9 Å². The fraction of sp³-hybridized carbons (Fsp3) is 0.0625. The molecule has 0 fully saturated rings. The second-order valence-corrected chi connectivity index (χ2v) is 4.66. The Hall–Kier alpha value is -2.55. The number of hydrogen-bond acceptors (Lipinski definition) is 2. The van der Waals surface area contributed by atoms with Crippen molar-refractivity contribution in [3.05, 3.63) is 65.7 Å². The summed E-state index contributed by atoms with van der Waals surface area (Å²) in [6.45, 7) is 4.13. The summed E-state index contributed by atoms with van der Waals surface area (Å²) in [6, 6.07) is 13.0. The van der Waals surface area contributed by atoms with Crippen LogP contribution in [0, 0.1) is 0 Å². The summed E-state index contributed by atoms with van der Waals surface area (Å²) in [4.78, 5) is 14.1. The maximum absolute atomic E-state index is 12.5. The molecule has 1 aliphatic heterocycles. The summed E-state index contributed by atoms with van der Waals surface area (Å²) < 4.78 is 0. The minimum absolute atomic E-state index is 0.0275. The molecule has 1 heterocycles. The van der Waals surface area contributed by atoms with Crippen molar-refractivity contribution in [2.75, 3.05) is 17.7 Å². The molecule has 2 N–H and O–H groups in total. The third kappa shape index (κ3) is 1.63. The second-order valence-electron chi connectivity index (χ2n) is 4.66. The summed E-state index contributed by atoms with van der Waals surface area (Å²) in [5.74, 6) is -0.0275. The van der Waals surface area contributed by atoms with Gasteiger partial charge in [0.2, 0.25) is 0 Å². The lowest BCUT2D eigenvalue weighted by atomic mass is 9.95. The molecule has 0 aliphatic carbocycles. The van der Waals surface area contributed by atoms with Crippen molar-refractivity contribution in [2.45, 2.75) is 0 Å². The minimum Gasteiger partial charge on any atom is -0.399 e. The average molecular weight is 250 g/mol. The highest BCUT2D eigenvalue weighted by Crippen LogP contribution is 2.37. The van der Waals surface area contributed by atoms with E-state index in [1.807, 2.05) is 36.4 Å². The summed E-state index contributed by atoms with van der Waals surface area (Å²) in [6.07, 6.45) is 0. The van der Waals surface area contributed by atoms with E-state index in [9.17, 15) is 4.79 Å². The summed E-state index contributed by atoms with van der Waals surface area (Å²) in [5, 5.41) is 0. The van der Waals surface area contributed by atoms with Crippen molar-refractivity contribution >= 4 is 22.9 Å². The van der Waals surface area contributed by atoms with Crippen LogP contribution in [0.3, 0.4) is 0 Å². The molecule has 3 rings (SSSR count). The quantitative estimate of drug-likeness (QED) is 0.731. The van der Waals surface area contributed by atoms with Crippen LogP contribution in [0.15, 0.2) is 49.0 Å². The van der Waals surface area contributed by atoms with Crippen LogP contribution in [0.5, 0.6) is 0 Å². The van der Waals surface area contributed by atoms with Crippen LogP contribution in [0.2, 0.25) is 0 Å². The van der Waals surface area contributed by atoms with Crippen LogP contribution < -0.4 is 10.6 Å². The molecule has 3 heteroatoms. The average Bonchev–Trinajstić information content (AvgIpc) is 2.51. The lowest BCUT2D eigenvalue weighted by Crippen LogP contribution is -2.26. The number of nitrogens with zero attached hydrogens (tertiary/aromatic N) is 1. The molecule has 0 aromatic heterocycles. The number of carbonyl (C=O) groups is 1. The van der Waals surface area contributed by atoms with Gasteiger partial charge in [0.25, 0.3) is 5.91 Å². The number of anilines is 2. The fourth-order valence-corrected chi connectivity index (χ4v) is 2.46. The number of rotatable bonds is 0. The Morgan fingerprint density at radius 1 is 1.05 bits per heavy atom. The predicted octanol–water partition coefficient (Wildman–Crippen LogP) is 2.92. The standard InChI is InChI=1S/C16H14N2O/c1-10-12-5-3-4-6-13(12)16(19)18(2)15-8-7-11(17)9-14(10)15/h3-9H,1,17H2,2H3. The molecule has 0 bridgehead atoms. The first-order valence-electron chi connectivity index (χ1n) is 6.06. The van der Waals surface area contributed by atoms with E-state index in [2.05, 4.69) is 6.58 Å². The molecule has 0 saturated carbocycles. The molecule has 19 heavy (non-hydrogen) atoms. The molecule has 3 nitrogen and oxygen atoms in total. The zero-order valence-corrected chi connectivity index (χ0v) is 10.7. The van der Waals surface area contributed by atoms with Gasteiger partial charge in [-0.2, -0.15) is 0 Å². The van der Waals surface area contributed by atoms with Gasteiger partial charge < -0.3 is 10.6 Å². The van der Waals surface area contributed by atoms with Gasteiger partial charge in [0.15, 0.2) is 0 Å². The number of hydrogen-bond donors (Lipinski definition) is 1. The summed E-state index contributed by atoms with van der Waals surface area (Å²) in [5.41, 5.74) is 10.6. The first-order valence-corrected chi connectivity index (χ1v) is 6.06. The van der Waals surface area contributed by atoms with Crippen LogP contribution in [0.1, 0.15) is 21.5 Å². The van der Waals surface area contributed by atoms with Crippen LogP contribution in [-0.2, 0) is 0 Å². The number of nitrogen functional groups attached to an aromatic ring is 1. The first-order chi connectivity index (χ1) is 9.09. The second kappa shape index (κ2) is 3.99. The third-order valence-electron chi connectivity index (χ3n) is 3.49. The van der Waals surface area contributed by atoms with Gasteiger partial charge >= 0.3 is 0 Å². The number of fused-ring (bicyclic) bond motifs is 2. The lowest BCUT2D eigenvalue weighted by Gasteiger charge is -2.18. The van der Waals surface area contributed by atoms with Crippen molar-refractivity contribution in [1.29, 1.82) is 0 Å². The molecule has 0 radical (unpaired) electrons. The largest absolute Gasteiger partial charge is 0.399 e. The number of benzene rings is 2. The number of carbonyl (C=O) groups excluding carboxylic acids is 1. The molecular weight excluding hydrogens is 236 g/mol. The summed E-state index contributed by atoms with van der Waals surface area (Å²) in [7, 11) is 1.77. The Balaban J connectivity index is 2.35. The Morgan fingerprint density at radius 2 is 1.74 bits per heavy atom. The van der Waals surface area contributed by atoms with E-state index in [0.717, 1.165) is 22.4 Å². The molecule has 0 spiro atoms. The van der Waals surface area contributed by atoms with Crippen molar-refractivity contribution in [3.63, 3.8) is 0 Å². The van der Waals surface area contributed by atoms with Crippen LogP contribution in [0.4, 0.5) is 11.4 Å². The molecule has 0 unspecified atom stereocenters. The van der Waals surface area contributed by atoms with Gasteiger partial charge in [-0.1, -0.05) is 24.8 Å². The van der Waals surface area contributed by atoms with E-state index in [4.69, 9.17) is 5.73 Å². The van der Waals surface area contributed by atoms with Crippen molar-refractivity contribution < 1.29 is 4.79 Å². The minimum atomic E-state index is -0.0275. The van der Waals surface area contributed by atoms with E-state index < -0.39 is 0 Å². The van der Waals surface area contributed by atoms with Gasteiger partial charge in [0.05, 0.1) is 5.69 Å². The van der Waals surface area contributed by atoms with E-state index >= 15 is 0 Å². The topological polar surface area (TPSA) is 46.3 Å². The highest BCUT2D eigenvalue weighted by Gasteiger charge is 2.25. The smallest absolute Gasteiger partial charge is 0.258 e. The molecule has 1 aliphatic rings. The van der Waals surface area contributed by atoms with Crippen molar-refractivity contribution in [1.82, 2.24) is 0 Å². The molecule has 2 aromatic rings. The molecule has 1 amide bonds. The zero-order valence-electron chi connectivity index (χ0n) is 10.7. The van der Waals surface area contributed by atoms with Gasteiger partial charge in [-0.25, -0.2) is 0 Å². The maximum Gasteiger partial charge on any atom is 0.258 e.